The molecular formula is C67H112O6. The van der Waals surface area contributed by atoms with E-state index in [0.717, 1.165) is 122 Å². The van der Waals surface area contributed by atoms with Crippen LogP contribution in [0, 0.1) is 0 Å². The van der Waals surface area contributed by atoms with E-state index in [-0.39, 0.29) is 31.1 Å². The van der Waals surface area contributed by atoms with Gasteiger partial charge >= 0.3 is 17.9 Å². The van der Waals surface area contributed by atoms with Crippen LogP contribution in [0.1, 0.15) is 278 Å². The van der Waals surface area contributed by atoms with E-state index in [1.54, 1.807) is 0 Å². The van der Waals surface area contributed by atoms with E-state index in [4.69, 9.17) is 14.2 Å². The Hall–Kier alpha value is -3.93. The highest BCUT2D eigenvalue weighted by atomic mass is 16.6. The molecule has 0 aromatic heterocycles. The van der Waals surface area contributed by atoms with Gasteiger partial charge in [0, 0.05) is 19.3 Å². The summed E-state index contributed by atoms with van der Waals surface area (Å²) in [6.07, 6.45) is 82.3. The number of carbonyl (C=O) groups is 3. The van der Waals surface area contributed by atoms with E-state index in [9.17, 15) is 14.4 Å². The first-order valence-electron chi connectivity index (χ1n) is 30.4. The molecule has 0 aromatic rings. The van der Waals surface area contributed by atoms with Gasteiger partial charge in [-0.3, -0.25) is 14.4 Å². The molecule has 6 nitrogen and oxygen atoms in total. The summed E-state index contributed by atoms with van der Waals surface area (Å²) in [6, 6.07) is 0. The van der Waals surface area contributed by atoms with E-state index >= 15 is 0 Å². The zero-order valence-electron chi connectivity index (χ0n) is 47.6. The molecule has 0 saturated heterocycles. The average molecular weight is 1010 g/mol. The van der Waals surface area contributed by atoms with Crippen LogP contribution in [-0.4, -0.2) is 37.2 Å². The SMILES string of the molecule is CC/C=C\C/C=C\C/C=C\C/C=C\C/C=C\C/C=C\CCCCC(=O)OCC(COC(=O)CCCCCCCCCCCCCCCCCCC)OC(=O)CCCCCCCCC/C=C\C/C=C\C/C=C\CC. The number of carbonyl (C=O) groups excluding carboxylic acids is 3. The third-order valence-corrected chi connectivity index (χ3v) is 12.8. The van der Waals surface area contributed by atoms with Gasteiger partial charge in [0.25, 0.3) is 0 Å². The monoisotopic (exact) mass is 1010 g/mol. The first kappa shape index (κ1) is 69.1. The summed E-state index contributed by atoms with van der Waals surface area (Å²) in [5.41, 5.74) is 0. The van der Waals surface area contributed by atoms with Gasteiger partial charge in [-0.25, -0.2) is 0 Å². The summed E-state index contributed by atoms with van der Waals surface area (Å²) < 4.78 is 16.9. The van der Waals surface area contributed by atoms with Crippen molar-refractivity contribution in [3.8, 4) is 0 Å². The van der Waals surface area contributed by atoms with Crippen LogP contribution in [-0.2, 0) is 28.6 Å². The maximum atomic E-state index is 12.9. The molecule has 0 rings (SSSR count). The molecule has 0 aliphatic rings. The van der Waals surface area contributed by atoms with E-state index in [0.29, 0.717) is 19.3 Å². The lowest BCUT2D eigenvalue weighted by molar-refractivity contribution is -0.167. The van der Waals surface area contributed by atoms with Crippen LogP contribution in [0.4, 0.5) is 0 Å². The Labute approximate surface area is 450 Å². The highest BCUT2D eigenvalue weighted by Crippen LogP contribution is 2.16. The van der Waals surface area contributed by atoms with Gasteiger partial charge in [0.1, 0.15) is 13.2 Å². The highest BCUT2D eigenvalue weighted by molar-refractivity contribution is 5.71. The van der Waals surface area contributed by atoms with Crippen molar-refractivity contribution in [2.75, 3.05) is 13.2 Å². The van der Waals surface area contributed by atoms with Crippen molar-refractivity contribution < 1.29 is 28.6 Å². The minimum atomic E-state index is -0.803. The third-order valence-electron chi connectivity index (χ3n) is 12.8. The quantitative estimate of drug-likeness (QED) is 0.0261. The fraction of sp³-hybridized carbons (Fsp3) is 0.687. The number of allylic oxidation sites excluding steroid dienone is 18. The van der Waals surface area contributed by atoms with Gasteiger partial charge in [0.05, 0.1) is 0 Å². The van der Waals surface area contributed by atoms with Gasteiger partial charge in [-0.2, -0.15) is 0 Å². The molecule has 0 aliphatic heterocycles. The second-order valence-electron chi connectivity index (χ2n) is 19.9. The minimum absolute atomic E-state index is 0.0952. The maximum Gasteiger partial charge on any atom is 0.306 e. The van der Waals surface area contributed by atoms with E-state index in [2.05, 4.69) is 130 Å². The first-order chi connectivity index (χ1) is 36.0. The maximum absolute atomic E-state index is 12.9. The fourth-order valence-corrected chi connectivity index (χ4v) is 8.28. The van der Waals surface area contributed by atoms with Crippen LogP contribution < -0.4 is 0 Å². The molecule has 0 aliphatic carbocycles. The lowest BCUT2D eigenvalue weighted by Gasteiger charge is -2.18. The van der Waals surface area contributed by atoms with Gasteiger partial charge in [-0.15, -0.1) is 0 Å². The predicted molar refractivity (Wildman–Crippen MR) is 316 cm³/mol. The van der Waals surface area contributed by atoms with E-state index < -0.39 is 6.10 Å². The van der Waals surface area contributed by atoms with Gasteiger partial charge in [0.15, 0.2) is 6.10 Å². The Morgan fingerprint density at radius 1 is 0.288 bits per heavy atom. The molecule has 1 unspecified atom stereocenters. The molecule has 0 spiro atoms. The largest absolute Gasteiger partial charge is 0.462 e. The van der Waals surface area contributed by atoms with Crippen molar-refractivity contribution in [1.29, 1.82) is 0 Å². The Balaban J connectivity index is 4.47. The lowest BCUT2D eigenvalue weighted by Crippen LogP contribution is -2.30. The molecule has 0 N–H and O–H groups in total. The summed E-state index contributed by atoms with van der Waals surface area (Å²) >= 11 is 0. The Kier molecular flexibility index (Phi) is 57.4. The average Bonchev–Trinajstić information content (AvgIpc) is 3.39. The van der Waals surface area contributed by atoms with Crippen LogP contribution in [0.3, 0.4) is 0 Å². The number of hydrogen-bond acceptors (Lipinski definition) is 6. The Morgan fingerprint density at radius 3 is 0.863 bits per heavy atom. The van der Waals surface area contributed by atoms with Crippen molar-refractivity contribution in [3.05, 3.63) is 109 Å². The smallest absolute Gasteiger partial charge is 0.306 e. The number of esters is 3. The Morgan fingerprint density at radius 2 is 0.534 bits per heavy atom. The Bertz CT molecular complexity index is 1490. The summed E-state index contributed by atoms with van der Waals surface area (Å²) in [4.78, 5) is 38.3. The van der Waals surface area contributed by atoms with E-state index in [1.165, 1.54) is 116 Å². The molecule has 416 valence electrons. The normalized spacial score (nSPS) is 12.9. The summed E-state index contributed by atoms with van der Waals surface area (Å²) in [6.45, 7) is 6.39. The van der Waals surface area contributed by atoms with Crippen molar-refractivity contribution in [3.63, 3.8) is 0 Å². The highest BCUT2D eigenvalue weighted by Gasteiger charge is 2.19. The number of unbranched alkanes of at least 4 members (excludes halogenated alkanes) is 25. The van der Waals surface area contributed by atoms with Crippen LogP contribution in [0.15, 0.2) is 109 Å². The summed E-state index contributed by atoms with van der Waals surface area (Å²) in [5, 5.41) is 0. The molecule has 0 saturated carbocycles. The second kappa shape index (κ2) is 60.6. The molecule has 0 amide bonds. The van der Waals surface area contributed by atoms with Crippen molar-refractivity contribution in [1.82, 2.24) is 0 Å². The molecule has 0 heterocycles. The van der Waals surface area contributed by atoms with Gasteiger partial charge in [-0.05, 0) is 103 Å². The summed E-state index contributed by atoms with van der Waals surface area (Å²) in [7, 11) is 0. The van der Waals surface area contributed by atoms with Crippen LogP contribution in [0.5, 0.6) is 0 Å². The first-order valence-corrected chi connectivity index (χ1v) is 30.4. The molecule has 1 atom stereocenters. The van der Waals surface area contributed by atoms with Crippen LogP contribution in [0.25, 0.3) is 0 Å². The third kappa shape index (κ3) is 58.8. The van der Waals surface area contributed by atoms with Crippen molar-refractivity contribution in [2.24, 2.45) is 0 Å². The van der Waals surface area contributed by atoms with Gasteiger partial charge in [0.2, 0.25) is 0 Å². The molecule has 0 fully saturated rings. The van der Waals surface area contributed by atoms with Crippen molar-refractivity contribution in [2.45, 2.75) is 284 Å². The van der Waals surface area contributed by atoms with Crippen molar-refractivity contribution >= 4 is 17.9 Å². The standard InChI is InChI=1S/C67H112O6/c1-4-7-10-13-16-19-22-25-28-31-32-33-34-37-39-42-45-48-51-54-57-60-66(69)72-63-64(73-67(70)61-58-55-52-49-46-43-40-36-30-27-24-21-18-15-12-9-6-3)62-71-65(68)59-56-53-50-47-44-41-38-35-29-26-23-20-17-14-11-8-5-2/h7,9-10,12,16,18-19,21,25,27-28,30,32-33,37,39,45,48,64H,4-6,8,11,13-15,17,20,22-24,26,29,31,34-36,38,40-44,46-47,49-63H2,1-3H3/b10-7-,12-9-,19-16-,21-18-,28-25-,30-27-,33-32-,39-37-,48-45-. The number of ether oxygens (including phenoxy) is 3. The van der Waals surface area contributed by atoms with Crippen LogP contribution in [0.2, 0.25) is 0 Å². The topological polar surface area (TPSA) is 78.9 Å². The molecule has 6 heteroatoms. The minimum Gasteiger partial charge on any atom is -0.462 e. The zero-order valence-corrected chi connectivity index (χ0v) is 47.6. The van der Waals surface area contributed by atoms with Gasteiger partial charge in [-0.1, -0.05) is 265 Å². The lowest BCUT2D eigenvalue weighted by atomic mass is 10.0. The second-order valence-corrected chi connectivity index (χ2v) is 19.9. The molecule has 0 aromatic carbocycles. The fourth-order valence-electron chi connectivity index (χ4n) is 8.28. The number of rotatable bonds is 54. The zero-order chi connectivity index (χ0) is 52.9. The van der Waals surface area contributed by atoms with Gasteiger partial charge < -0.3 is 14.2 Å². The predicted octanol–water partition coefficient (Wildman–Crippen LogP) is 20.7. The molecule has 73 heavy (non-hydrogen) atoms. The number of hydrogen-bond donors (Lipinski definition) is 0. The molecule has 0 bridgehead atoms. The molecular weight excluding hydrogens is 901 g/mol. The van der Waals surface area contributed by atoms with E-state index in [1.807, 2.05) is 0 Å². The summed E-state index contributed by atoms with van der Waals surface area (Å²) in [5.74, 6) is -0.944. The van der Waals surface area contributed by atoms with Crippen LogP contribution >= 0.6 is 0 Å². The molecule has 0 radical (unpaired) electrons.